The molecule has 5 heteroatoms. The molecule has 2 aromatic rings. The Morgan fingerprint density at radius 2 is 1.87 bits per heavy atom. The molecule has 1 N–H and O–H groups in total. The van der Waals surface area contributed by atoms with Gasteiger partial charge in [0.25, 0.3) is 0 Å². The van der Waals surface area contributed by atoms with E-state index >= 15 is 0 Å². The van der Waals surface area contributed by atoms with Crippen molar-refractivity contribution in [1.29, 1.82) is 0 Å². The molecule has 0 spiro atoms. The number of nitrogens with zero attached hydrogens (tertiary/aromatic N) is 2. The average Bonchev–Trinajstić information content (AvgIpc) is 3.51. The van der Waals surface area contributed by atoms with Crippen LogP contribution in [0.1, 0.15) is 55.4 Å². The maximum absolute atomic E-state index is 12.9. The highest BCUT2D eigenvalue weighted by atomic mass is 16.3. The van der Waals surface area contributed by atoms with E-state index in [4.69, 9.17) is 4.42 Å². The first-order chi connectivity index (χ1) is 15.3. The van der Waals surface area contributed by atoms with Gasteiger partial charge in [-0.3, -0.25) is 4.79 Å². The molecule has 5 nitrogen and oxygen atoms in total. The molecule has 1 aromatic heterocycles. The van der Waals surface area contributed by atoms with Crippen LogP contribution >= 0.6 is 0 Å². The third-order valence-corrected chi connectivity index (χ3v) is 6.41. The van der Waals surface area contributed by atoms with Gasteiger partial charge >= 0.3 is 0 Å². The average molecular weight is 414 g/mol. The second-order valence-electron chi connectivity index (χ2n) is 8.40. The van der Waals surface area contributed by atoms with Crippen LogP contribution in [0, 0.1) is 0 Å². The van der Waals surface area contributed by atoms with E-state index in [1.165, 1.54) is 5.56 Å². The highest BCUT2D eigenvalue weighted by Gasteiger charge is 2.27. The molecule has 31 heavy (non-hydrogen) atoms. The van der Waals surface area contributed by atoms with Crippen molar-refractivity contribution in [2.45, 2.75) is 50.1 Å². The van der Waals surface area contributed by atoms with Gasteiger partial charge in [-0.05, 0) is 61.6 Å². The molecule has 1 aromatic carbocycles. The van der Waals surface area contributed by atoms with Crippen LogP contribution in [-0.4, -0.2) is 21.5 Å². The number of aromatic nitrogens is 2. The number of pyridine rings is 1. The zero-order valence-corrected chi connectivity index (χ0v) is 17.5. The van der Waals surface area contributed by atoms with Gasteiger partial charge in [-0.25, -0.2) is 4.98 Å². The molecule has 1 fully saturated rings. The standard InChI is InChI=1S/C26H27N3O2/c30-25(18-23(24-9-5-17-31-24)19-6-2-1-3-7-19)28-21-10-12-22(13-11-21)29-16-4-8-20-14-15-27-26(20)29/h1-9,14-17,21-23H,10-13,18H2,(H,28,30). The number of rotatable bonds is 6. The zero-order valence-electron chi connectivity index (χ0n) is 17.5. The number of carbonyl (C=O) groups is 1. The van der Waals surface area contributed by atoms with Crippen molar-refractivity contribution in [3.05, 3.63) is 90.6 Å². The summed E-state index contributed by atoms with van der Waals surface area (Å²) in [4.78, 5) is 17.4. The Labute approximate surface area is 182 Å². The molecule has 3 heterocycles. The number of carbonyl (C=O) groups excluding carboxylic acids is 1. The fourth-order valence-corrected chi connectivity index (χ4v) is 4.82. The smallest absolute Gasteiger partial charge is 0.221 e. The van der Waals surface area contributed by atoms with Crippen LogP contribution in [-0.2, 0) is 4.79 Å². The highest BCUT2D eigenvalue weighted by Crippen LogP contribution is 2.33. The maximum Gasteiger partial charge on any atom is 0.221 e. The minimum Gasteiger partial charge on any atom is -0.469 e. The van der Waals surface area contributed by atoms with Crippen LogP contribution in [0.2, 0.25) is 0 Å². The highest BCUT2D eigenvalue weighted by molar-refractivity contribution is 5.77. The summed E-state index contributed by atoms with van der Waals surface area (Å²) < 4.78 is 7.95. The lowest BCUT2D eigenvalue weighted by Gasteiger charge is -2.32. The van der Waals surface area contributed by atoms with E-state index in [-0.39, 0.29) is 17.9 Å². The van der Waals surface area contributed by atoms with Crippen LogP contribution in [0.3, 0.4) is 0 Å². The number of furan rings is 1. The summed E-state index contributed by atoms with van der Waals surface area (Å²) in [6.45, 7) is 0. The van der Waals surface area contributed by atoms with Gasteiger partial charge in [-0.15, -0.1) is 0 Å². The Hall–Kier alpha value is -3.34. The SMILES string of the molecule is O=C(CC(c1ccccc1)c1ccco1)NC1CCC(n2cccc3ccnc2-3)CC1. The molecule has 3 aliphatic rings. The number of benzene rings is 1. The number of fused-ring (bicyclic) bond motifs is 1. The van der Waals surface area contributed by atoms with Crippen LogP contribution in [0.4, 0.5) is 0 Å². The molecule has 1 unspecified atom stereocenters. The minimum absolute atomic E-state index is 0.0656. The van der Waals surface area contributed by atoms with E-state index in [1.807, 2.05) is 36.5 Å². The first-order valence-electron chi connectivity index (χ1n) is 11.1. The van der Waals surface area contributed by atoms with Gasteiger partial charge in [-0.2, -0.15) is 0 Å². The maximum atomic E-state index is 12.9. The van der Waals surface area contributed by atoms with Crippen molar-refractivity contribution in [2.75, 3.05) is 0 Å². The second-order valence-corrected chi connectivity index (χ2v) is 8.40. The molecular formula is C26H27N3O2. The fourth-order valence-electron chi connectivity index (χ4n) is 4.82. The molecule has 1 atom stereocenters. The Balaban J connectivity index is 1.20. The quantitative estimate of drug-likeness (QED) is 0.460. The summed E-state index contributed by atoms with van der Waals surface area (Å²) in [5.74, 6) is 1.90. The normalized spacial score (nSPS) is 19.9. The van der Waals surface area contributed by atoms with Gasteiger partial charge in [0.1, 0.15) is 11.6 Å². The molecule has 0 saturated heterocycles. The second kappa shape index (κ2) is 8.80. The lowest BCUT2D eigenvalue weighted by Crippen LogP contribution is -2.38. The molecule has 1 aliphatic carbocycles. The van der Waals surface area contributed by atoms with Gasteiger partial charge in [0.15, 0.2) is 0 Å². The first kappa shape index (κ1) is 19.6. The third kappa shape index (κ3) is 4.26. The Morgan fingerprint density at radius 1 is 1.03 bits per heavy atom. The summed E-state index contributed by atoms with van der Waals surface area (Å²) >= 11 is 0. The largest absolute Gasteiger partial charge is 0.469 e. The van der Waals surface area contributed by atoms with Crippen molar-refractivity contribution in [3.8, 4) is 11.4 Å². The zero-order chi connectivity index (χ0) is 21.0. The summed E-state index contributed by atoms with van der Waals surface area (Å²) in [5, 5.41) is 3.28. The number of amides is 1. The number of hydrogen-bond donors (Lipinski definition) is 1. The fraction of sp³-hybridized carbons (Fsp3) is 0.308. The molecule has 1 saturated carbocycles. The van der Waals surface area contributed by atoms with E-state index < -0.39 is 0 Å². The molecule has 158 valence electrons. The molecular weight excluding hydrogens is 386 g/mol. The van der Waals surface area contributed by atoms with E-state index in [2.05, 4.69) is 51.4 Å². The van der Waals surface area contributed by atoms with Crippen molar-refractivity contribution in [1.82, 2.24) is 14.9 Å². The summed E-state index contributed by atoms with van der Waals surface area (Å²) in [7, 11) is 0. The van der Waals surface area contributed by atoms with Gasteiger partial charge in [0.05, 0.1) is 12.2 Å². The Morgan fingerprint density at radius 3 is 2.65 bits per heavy atom. The molecule has 2 aliphatic heterocycles. The van der Waals surface area contributed by atoms with Crippen molar-refractivity contribution < 1.29 is 9.21 Å². The van der Waals surface area contributed by atoms with Crippen LogP contribution in [0.5, 0.6) is 0 Å². The van der Waals surface area contributed by atoms with E-state index in [9.17, 15) is 4.79 Å². The molecule has 0 bridgehead atoms. The third-order valence-electron chi connectivity index (χ3n) is 6.41. The Kier molecular flexibility index (Phi) is 5.57. The van der Waals surface area contributed by atoms with Crippen LogP contribution in [0.15, 0.2) is 83.7 Å². The Bertz CT molecular complexity index is 1080. The van der Waals surface area contributed by atoms with E-state index in [0.717, 1.165) is 42.8 Å². The van der Waals surface area contributed by atoms with E-state index in [1.54, 1.807) is 6.26 Å². The predicted molar refractivity (Wildman–Crippen MR) is 120 cm³/mol. The van der Waals surface area contributed by atoms with Crippen molar-refractivity contribution in [3.63, 3.8) is 0 Å². The lowest BCUT2D eigenvalue weighted by atomic mass is 9.89. The van der Waals surface area contributed by atoms with Gasteiger partial charge < -0.3 is 14.3 Å². The minimum atomic E-state index is -0.0656. The van der Waals surface area contributed by atoms with Gasteiger partial charge in [0, 0.05) is 36.5 Å². The van der Waals surface area contributed by atoms with Gasteiger partial charge in [0.2, 0.25) is 5.91 Å². The van der Waals surface area contributed by atoms with Crippen molar-refractivity contribution >= 4 is 5.91 Å². The number of nitrogens with one attached hydrogen (secondary N) is 1. The molecule has 1 amide bonds. The molecule has 0 radical (unpaired) electrons. The predicted octanol–water partition coefficient (Wildman–Crippen LogP) is 5.40. The topological polar surface area (TPSA) is 60.1 Å². The monoisotopic (exact) mass is 413 g/mol. The van der Waals surface area contributed by atoms with Crippen molar-refractivity contribution in [2.24, 2.45) is 0 Å². The lowest BCUT2D eigenvalue weighted by molar-refractivity contribution is -0.122. The summed E-state index contributed by atoms with van der Waals surface area (Å²) in [6, 6.07) is 20.9. The van der Waals surface area contributed by atoms with E-state index in [0.29, 0.717) is 12.5 Å². The van der Waals surface area contributed by atoms with Crippen LogP contribution in [0.25, 0.3) is 11.4 Å². The summed E-state index contributed by atoms with van der Waals surface area (Å²) in [6.07, 6.45) is 10.1. The van der Waals surface area contributed by atoms with Crippen LogP contribution < -0.4 is 5.32 Å². The first-order valence-corrected chi connectivity index (χ1v) is 11.1. The summed E-state index contributed by atoms with van der Waals surface area (Å²) in [5.41, 5.74) is 2.28. The molecule has 5 rings (SSSR count). The van der Waals surface area contributed by atoms with Gasteiger partial charge in [-0.1, -0.05) is 30.3 Å². The number of hydrogen-bond acceptors (Lipinski definition) is 3.